The van der Waals surface area contributed by atoms with Gasteiger partial charge in [0.2, 0.25) is 0 Å². The average molecular weight is 330 g/mol. The van der Waals surface area contributed by atoms with Gasteiger partial charge < -0.3 is 0 Å². The van der Waals surface area contributed by atoms with E-state index in [9.17, 15) is 4.39 Å². The maximum absolute atomic E-state index is 13.6. The Balaban J connectivity index is 2.90. The second kappa shape index (κ2) is 8.01. The van der Waals surface area contributed by atoms with Gasteiger partial charge in [-0.05, 0) is 46.3 Å². The smallest absolute Gasteiger partial charge is 0.137 e. The molecule has 1 nitrogen and oxygen atoms in total. The molecule has 0 saturated heterocycles. The van der Waals surface area contributed by atoms with Crippen molar-refractivity contribution in [3.63, 3.8) is 0 Å². The van der Waals surface area contributed by atoms with Crippen molar-refractivity contribution in [3.8, 4) is 0 Å². The van der Waals surface area contributed by atoms with E-state index in [2.05, 4.69) is 48.5 Å². The average Bonchev–Trinajstić information content (AvgIpc) is 2.35. The van der Waals surface area contributed by atoms with Crippen LogP contribution in [0.5, 0.6) is 0 Å². The van der Waals surface area contributed by atoms with Gasteiger partial charge in [-0.25, -0.2) is 4.39 Å². The first-order valence-corrected chi connectivity index (χ1v) is 7.95. The lowest BCUT2D eigenvalue weighted by atomic mass is 10.1. The van der Waals surface area contributed by atoms with Crippen molar-refractivity contribution in [3.05, 3.63) is 34.1 Å². The summed E-state index contributed by atoms with van der Waals surface area (Å²) in [6.07, 6.45) is 2.27. The molecule has 0 unspecified atom stereocenters. The third-order valence-electron chi connectivity index (χ3n) is 3.46. The molecule has 0 bridgehead atoms. The standard InChI is InChI=1S/C16H25BrFN/c1-5-14(6-2)19(10-12(3)4)11-13-8-7-9-15(18)16(13)17/h7-9,12,14H,5-6,10-11H2,1-4H3. The number of hydrogen-bond donors (Lipinski definition) is 0. The quantitative estimate of drug-likeness (QED) is 0.661. The summed E-state index contributed by atoms with van der Waals surface area (Å²) in [4.78, 5) is 2.48. The van der Waals surface area contributed by atoms with E-state index in [1.54, 1.807) is 6.07 Å². The van der Waals surface area contributed by atoms with Crippen LogP contribution in [-0.4, -0.2) is 17.5 Å². The maximum Gasteiger partial charge on any atom is 0.137 e. The third-order valence-corrected chi connectivity index (χ3v) is 4.35. The summed E-state index contributed by atoms with van der Waals surface area (Å²) in [5, 5.41) is 0. The van der Waals surface area contributed by atoms with Crippen LogP contribution in [0.15, 0.2) is 22.7 Å². The molecule has 1 aromatic carbocycles. The lowest BCUT2D eigenvalue weighted by molar-refractivity contribution is 0.157. The van der Waals surface area contributed by atoms with Gasteiger partial charge >= 0.3 is 0 Å². The van der Waals surface area contributed by atoms with Crippen LogP contribution in [0.25, 0.3) is 0 Å². The van der Waals surface area contributed by atoms with Crippen LogP contribution in [0.1, 0.15) is 46.1 Å². The SMILES string of the molecule is CCC(CC)N(Cc1cccc(F)c1Br)CC(C)C. The Morgan fingerprint density at radius 2 is 1.84 bits per heavy atom. The minimum Gasteiger partial charge on any atom is -0.296 e. The molecule has 0 aliphatic rings. The molecule has 19 heavy (non-hydrogen) atoms. The highest BCUT2D eigenvalue weighted by Crippen LogP contribution is 2.24. The molecule has 0 fully saturated rings. The second-order valence-electron chi connectivity index (χ2n) is 5.51. The molecule has 0 atom stereocenters. The zero-order valence-corrected chi connectivity index (χ0v) is 14.0. The van der Waals surface area contributed by atoms with Gasteiger partial charge in [0.15, 0.2) is 0 Å². The van der Waals surface area contributed by atoms with Crippen LogP contribution in [0.3, 0.4) is 0 Å². The van der Waals surface area contributed by atoms with Crippen molar-refractivity contribution in [2.75, 3.05) is 6.54 Å². The molecule has 1 aromatic rings. The topological polar surface area (TPSA) is 3.24 Å². The highest BCUT2D eigenvalue weighted by molar-refractivity contribution is 9.10. The van der Waals surface area contributed by atoms with E-state index in [0.29, 0.717) is 16.4 Å². The van der Waals surface area contributed by atoms with Gasteiger partial charge in [-0.1, -0.05) is 39.8 Å². The zero-order valence-electron chi connectivity index (χ0n) is 12.4. The van der Waals surface area contributed by atoms with E-state index in [0.717, 1.165) is 31.5 Å². The Labute approximate surface area is 125 Å². The van der Waals surface area contributed by atoms with Crippen molar-refractivity contribution in [2.45, 2.75) is 53.1 Å². The Bertz CT molecular complexity index is 388. The predicted octanol–water partition coefficient (Wildman–Crippen LogP) is 5.23. The fourth-order valence-corrected chi connectivity index (χ4v) is 2.90. The van der Waals surface area contributed by atoms with Crippen LogP contribution in [-0.2, 0) is 6.54 Å². The van der Waals surface area contributed by atoms with Gasteiger partial charge in [0.25, 0.3) is 0 Å². The Kier molecular flexibility index (Phi) is 7.01. The van der Waals surface area contributed by atoms with E-state index < -0.39 is 0 Å². The predicted molar refractivity (Wildman–Crippen MR) is 83.7 cm³/mol. The Morgan fingerprint density at radius 3 is 2.37 bits per heavy atom. The molecule has 3 heteroatoms. The molecular weight excluding hydrogens is 305 g/mol. The fourth-order valence-electron chi connectivity index (χ4n) is 2.51. The first-order valence-electron chi connectivity index (χ1n) is 7.16. The van der Waals surface area contributed by atoms with Gasteiger partial charge in [-0.3, -0.25) is 4.90 Å². The van der Waals surface area contributed by atoms with Crippen LogP contribution in [0.4, 0.5) is 4.39 Å². The molecule has 0 spiro atoms. The number of rotatable bonds is 7. The summed E-state index contributed by atoms with van der Waals surface area (Å²) in [7, 11) is 0. The van der Waals surface area contributed by atoms with Crippen molar-refractivity contribution >= 4 is 15.9 Å². The van der Waals surface area contributed by atoms with Gasteiger partial charge in [-0.15, -0.1) is 0 Å². The maximum atomic E-state index is 13.6. The molecule has 0 radical (unpaired) electrons. The van der Waals surface area contributed by atoms with E-state index in [1.807, 2.05) is 6.07 Å². The lowest BCUT2D eigenvalue weighted by Crippen LogP contribution is -2.36. The number of nitrogens with zero attached hydrogens (tertiary/aromatic N) is 1. The second-order valence-corrected chi connectivity index (χ2v) is 6.30. The molecule has 0 saturated carbocycles. The Morgan fingerprint density at radius 1 is 1.21 bits per heavy atom. The largest absolute Gasteiger partial charge is 0.296 e. The monoisotopic (exact) mass is 329 g/mol. The highest BCUT2D eigenvalue weighted by atomic mass is 79.9. The van der Waals surface area contributed by atoms with E-state index in [1.165, 1.54) is 6.07 Å². The summed E-state index contributed by atoms with van der Waals surface area (Å²) in [5.74, 6) is 0.444. The molecule has 0 N–H and O–H groups in total. The van der Waals surface area contributed by atoms with Crippen molar-refractivity contribution in [1.29, 1.82) is 0 Å². The van der Waals surface area contributed by atoms with Gasteiger partial charge in [0.05, 0.1) is 4.47 Å². The zero-order chi connectivity index (χ0) is 14.4. The summed E-state index contributed by atoms with van der Waals surface area (Å²) in [6, 6.07) is 5.86. The van der Waals surface area contributed by atoms with Crippen LogP contribution in [0, 0.1) is 11.7 Å². The van der Waals surface area contributed by atoms with Crippen molar-refractivity contribution in [2.24, 2.45) is 5.92 Å². The number of halogens is 2. The van der Waals surface area contributed by atoms with Crippen molar-refractivity contribution < 1.29 is 4.39 Å². The summed E-state index contributed by atoms with van der Waals surface area (Å²) >= 11 is 3.37. The molecule has 0 aromatic heterocycles. The molecule has 108 valence electrons. The first-order chi connectivity index (χ1) is 8.99. The fraction of sp³-hybridized carbons (Fsp3) is 0.625. The molecule has 0 heterocycles. The minimum absolute atomic E-state index is 0.174. The molecule has 0 amide bonds. The molecule has 0 aliphatic carbocycles. The summed E-state index contributed by atoms with van der Waals surface area (Å²) < 4.78 is 14.2. The lowest BCUT2D eigenvalue weighted by Gasteiger charge is -2.32. The van der Waals surface area contributed by atoms with Crippen molar-refractivity contribution in [1.82, 2.24) is 4.90 Å². The third kappa shape index (κ3) is 4.88. The number of benzene rings is 1. The highest BCUT2D eigenvalue weighted by Gasteiger charge is 2.18. The van der Waals surface area contributed by atoms with Gasteiger partial charge in [-0.2, -0.15) is 0 Å². The summed E-state index contributed by atoms with van der Waals surface area (Å²) in [5.41, 5.74) is 1.03. The molecule has 0 aliphatic heterocycles. The van der Waals surface area contributed by atoms with Crippen LogP contribution < -0.4 is 0 Å². The first kappa shape index (κ1) is 16.6. The summed E-state index contributed by atoms with van der Waals surface area (Å²) in [6.45, 7) is 10.8. The van der Waals surface area contributed by atoms with Gasteiger partial charge in [0, 0.05) is 19.1 Å². The minimum atomic E-state index is -0.174. The van der Waals surface area contributed by atoms with E-state index in [-0.39, 0.29) is 5.82 Å². The molecular formula is C16H25BrFN. The van der Waals surface area contributed by atoms with Gasteiger partial charge in [0.1, 0.15) is 5.82 Å². The van der Waals surface area contributed by atoms with Crippen LogP contribution >= 0.6 is 15.9 Å². The Hall–Kier alpha value is -0.410. The van der Waals surface area contributed by atoms with Crippen LogP contribution in [0.2, 0.25) is 0 Å². The van der Waals surface area contributed by atoms with E-state index >= 15 is 0 Å². The molecule has 1 rings (SSSR count). The number of hydrogen-bond acceptors (Lipinski definition) is 1. The van der Waals surface area contributed by atoms with E-state index in [4.69, 9.17) is 0 Å². The normalized spacial score (nSPS) is 11.8.